The molecule has 1 aliphatic carbocycles. The lowest BCUT2D eigenvalue weighted by atomic mass is 9.96. The highest BCUT2D eigenvalue weighted by atomic mass is 35.5. The average molecular weight is 329 g/mol. The van der Waals surface area contributed by atoms with Crippen LogP contribution in [0.25, 0.3) is 5.57 Å². The van der Waals surface area contributed by atoms with Crippen molar-refractivity contribution >= 4 is 17.2 Å². The minimum absolute atomic E-state index is 0.793. The van der Waals surface area contributed by atoms with E-state index in [1.165, 1.54) is 55.7 Å². The molecule has 0 N–H and O–H groups in total. The topological polar surface area (TPSA) is 6.48 Å². The highest BCUT2D eigenvalue weighted by Gasteiger charge is 2.28. The molecular weight excluding hydrogens is 304 g/mol. The second kappa shape index (κ2) is 6.80. The number of benzene rings is 1. The summed E-state index contributed by atoms with van der Waals surface area (Å²) < 4.78 is 0. The molecule has 0 radical (unpaired) electrons. The second-order valence-corrected chi connectivity index (χ2v) is 7.53. The molecule has 3 saturated heterocycles. The predicted molar refractivity (Wildman–Crippen MR) is 97.5 cm³/mol. The fourth-order valence-electron chi connectivity index (χ4n) is 4.08. The first-order valence-electron chi connectivity index (χ1n) is 8.89. The van der Waals surface area contributed by atoms with Crippen LogP contribution in [0.15, 0.2) is 41.4 Å². The summed E-state index contributed by atoms with van der Waals surface area (Å²) in [4.78, 5) is 5.32. The average Bonchev–Trinajstić information content (AvgIpc) is 2.90. The first kappa shape index (κ1) is 15.4. The van der Waals surface area contributed by atoms with Crippen LogP contribution in [0.4, 0.5) is 0 Å². The van der Waals surface area contributed by atoms with E-state index in [0.717, 1.165) is 30.5 Å². The van der Waals surface area contributed by atoms with Crippen LogP contribution < -0.4 is 0 Å². The Labute approximate surface area is 144 Å². The largest absolute Gasteiger partial charge is 0.302 e. The third kappa shape index (κ3) is 3.55. The van der Waals surface area contributed by atoms with Gasteiger partial charge in [0.15, 0.2) is 0 Å². The van der Waals surface area contributed by atoms with Gasteiger partial charge < -0.3 is 4.90 Å². The van der Waals surface area contributed by atoms with Crippen molar-refractivity contribution in [3.63, 3.8) is 0 Å². The molecule has 0 atom stereocenters. The Morgan fingerprint density at radius 3 is 2.39 bits per heavy atom. The zero-order valence-electron chi connectivity index (χ0n) is 13.7. The molecule has 3 heterocycles. The first-order chi connectivity index (χ1) is 11.3. The lowest BCUT2D eigenvalue weighted by Gasteiger charge is -2.31. The van der Waals surface area contributed by atoms with Gasteiger partial charge in [0.1, 0.15) is 0 Å². The SMILES string of the molecule is ClC1=CC=C(c2ccc(CN3CCN4CCC3CC4)cc2)CC1. The maximum absolute atomic E-state index is 6.05. The summed E-state index contributed by atoms with van der Waals surface area (Å²) in [6.07, 6.45) is 8.93. The lowest BCUT2D eigenvalue weighted by molar-refractivity contribution is 0.176. The van der Waals surface area contributed by atoms with E-state index < -0.39 is 0 Å². The van der Waals surface area contributed by atoms with Crippen LogP contribution in [0.5, 0.6) is 0 Å². The predicted octanol–water partition coefficient (Wildman–Crippen LogP) is 4.27. The van der Waals surface area contributed by atoms with Gasteiger partial charge in [0, 0.05) is 30.7 Å². The number of hydrogen-bond acceptors (Lipinski definition) is 2. The first-order valence-corrected chi connectivity index (χ1v) is 9.27. The summed E-state index contributed by atoms with van der Waals surface area (Å²) in [5.74, 6) is 0. The quantitative estimate of drug-likeness (QED) is 0.817. The van der Waals surface area contributed by atoms with Crippen LogP contribution in [0, 0.1) is 0 Å². The molecule has 3 heteroatoms. The minimum Gasteiger partial charge on any atom is -0.302 e. The van der Waals surface area contributed by atoms with Crippen molar-refractivity contribution < 1.29 is 0 Å². The second-order valence-electron chi connectivity index (χ2n) is 7.05. The molecule has 122 valence electrons. The molecule has 3 aliphatic heterocycles. The fraction of sp³-hybridized carbons (Fsp3) is 0.500. The van der Waals surface area contributed by atoms with E-state index in [9.17, 15) is 0 Å². The Hall–Kier alpha value is -1.09. The summed E-state index contributed by atoms with van der Waals surface area (Å²) in [5.41, 5.74) is 4.19. The van der Waals surface area contributed by atoms with E-state index in [1.54, 1.807) is 0 Å². The van der Waals surface area contributed by atoms with E-state index in [-0.39, 0.29) is 0 Å². The van der Waals surface area contributed by atoms with Gasteiger partial charge in [0.05, 0.1) is 0 Å². The van der Waals surface area contributed by atoms with Crippen LogP contribution >= 0.6 is 11.6 Å². The summed E-state index contributed by atoms with van der Waals surface area (Å²) in [5, 5.41) is 0.970. The number of fused-ring (bicyclic) bond motifs is 4. The van der Waals surface area contributed by atoms with Crippen molar-refractivity contribution in [1.29, 1.82) is 0 Å². The Kier molecular flexibility index (Phi) is 4.57. The van der Waals surface area contributed by atoms with Gasteiger partial charge in [-0.25, -0.2) is 0 Å². The van der Waals surface area contributed by atoms with Gasteiger partial charge >= 0.3 is 0 Å². The number of allylic oxidation sites excluding steroid dienone is 4. The van der Waals surface area contributed by atoms with Gasteiger partial charge in [-0.1, -0.05) is 41.9 Å². The van der Waals surface area contributed by atoms with E-state index in [2.05, 4.69) is 40.1 Å². The number of piperidine rings is 1. The smallest absolute Gasteiger partial charge is 0.0237 e. The van der Waals surface area contributed by atoms with E-state index in [1.807, 2.05) is 6.08 Å². The molecule has 1 aromatic carbocycles. The van der Waals surface area contributed by atoms with Gasteiger partial charge in [0.25, 0.3) is 0 Å². The molecule has 0 spiro atoms. The Bertz CT molecular complexity index is 609. The zero-order chi connectivity index (χ0) is 15.6. The van der Waals surface area contributed by atoms with E-state index in [0.29, 0.717) is 0 Å². The third-order valence-electron chi connectivity index (χ3n) is 5.59. The maximum atomic E-state index is 6.05. The summed E-state index contributed by atoms with van der Waals surface area (Å²) >= 11 is 6.05. The molecule has 3 fully saturated rings. The van der Waals surface area contributed by atoms with Crippen LogP contribution in [0.2, 0.25) is 0 Å². The minimum atomic E-state index is 0.793. The third-order valence-corrected chi connectivity index (χ3v) is 5.90. The van der Waals surface area contributed by atoms with E-state index >= 15 is 0 Å². The van der Waals surface area contributed by atoms with Gasteiger partial charge in [-0.15, -0.1) is 0 Å². The van der Waals surface area contributed by atoms with Crippen LogP contribution in [-0.4, -0.2) is 42.0 Å². The molecule has 2 nitrogen and oxygen atoms in total. The number of rotatable bonds is 3. The molecule has 2 bridgehead atoms. The zero-order valence-corrected chi connectivity index (χ0v) is 14.4. The normalized spacial score (nSPS) is 28.2. The monoisotopic (exact) mass is 328 g/mol. The Balaban J connectivity index is 1.44. The molecule has 1 aromatic rings. The number of nitrogens with zero attached hydrogens (tertiary/aromatic N) is 2. The lowest BCUT2D eigenvalue weighted by Crippen LogP contribution is -2.37. The van der Waals surface area contributed by atoms with E-state index in [4.69, 9.17) is 11.6 Å². The van der Waals surface area contributed by atoms with Crippen molar-refractivity contribution in [1.82, 2.24) is 9.80 Å². The van der Waals surface area contributed by atoms with Crippen molar-refractivity contribution in [3.05, 3.63) is 52.6 Å². The van der Waals surface area contributed by atoms with Crippen molar-refractivity contribution in [2.24, 2.45) is 0 Å². The van der Waals surface area contributed by atoms with Gasteiger partial charge in [-0.3, -0.25) is 4.90 Å². The molecular formula is C20H25ClN2. The number of halogens is 1. The van der Waals surface area contributed by atoms with Crippen LogP contribution in [0.3, 0.4) is 0 Å². The van der Waals surface area contributed by atoms with Gasteiger partial charge in [0.2, 0.25) is 0 Å². The van der Waals surface area contributed by atoms with Gasteiger partial charge in [-0.2, -0.15) is 0 Å². The molecule has 0 aromatic heterocycles. The molecule has 4 aliphatic rings. The summed E-state index contributed by atoms with van der Waals surface area (Å²) in [6, 6.07) is 9.99. The molecule has 5 rings (SSSR count). The van der Waals surface area contributed by atoms with Crippen molar-refractivity contribution in [2.75, 3.05) is 26.2 Å². The fourth-order valence-corrected chi connectivity index (χ4v) is 4.24. The van der Waals surface area contributed by atoms with Crippen molar-refractivity contribution in [2.45, 2.75) is 38.3 Å². The Morgan fingerprint density at radius 1 is 0.913 bits per heavy atom. The molecule has 0 saturated carbocycles. The molecule has 23 heavy (non-hydrogen) atoms. The van der Waals surface area contributed by atoms with Crippen molar-refractivity contribution in [3.8, 4) is 0 Å². The summed E-state index contributed by atoms with van der Waals surface area (Å²) in [6.45, 7) is 6.16. The highest BCUT2D eigenvalue weighted by Crippen LogP contribution is 2.29. The summed E-state index contributed by atoms with van der Waals surface area (Å²) in [7, 11) is 0. The van der Waals surface area contributed by atoms with Crippen LogP contribution in [0.1, 0.15) is 36.8 Å². The maximum Gasteiger partial charge on any atom is 0.0237 e. The Morgan fingerprint density at radius 2 is 1.70 bits per heavy atom. The molecule has 0 amide bonds. The highest BCUT2D eigenvalue weighted by molar-refractivity contribution is 6.29. The van der Waals surface area contributed by atoms with Gasteiger partial charge in [-0.05, 0) is 61.5 Å². The number of hydrogen-bond donors (Lipinski definition) is 0. The molecule has 0 unspecified atom stereocenters. The standard InChI is InChI=1S/C20H25ClN2/c21-19-7-5-18(6-8-19)17-3-1-16(2-4-17)15-23-14-13-22-11-9-20(23)10-12-22/h1-5,7,20H,6,8-15H2. The van der Waals surface area contributed by atoms with Crippen LogP contribution in [-0.2, 0) is 6.54 Å².